The summed E-state index contributed by atoms with van der Waals surface area (Å²) in [5, 5.41) is 0.352. The van der Waals surface area contributed by atoms with Crippen LogP contribution in [0.25, 0.3) is 0 Å². The highest BCUT2D eigenvalue weighted by Gasteiger charge is 2.33. The molecule has 1 atom stereocenters. The van der Waals surface area contributed by atoms with Gasteiger partial charge in [-0.1, -0.05) is 30.4 Å². The third-order valence-electron chi connectivity index (χ3n) is 3.77. The molecular weight excluding hydrogens is 296 g/mol. The molecule has 0 spiro atoms. The first kappa shape index (κ1) is 14.7. The van der Waals surface area contributed by atoms with Crippen LogP contribution in [-0.4, -0.2) is 35.3 Å². The highest BCUT2D eigenvalue weighted by Crippen LogP contribution is 2.20. The van der Waals surface area contributed by atoms with Crippen LogP contribution in [0.1, 0.15) is 5.56 Å². The average Bonchev–Trinajstić information content (AvgIpc) is 2.55. The molecule has 0 saturated heterocycles. The Morgan fingerprint density at radius 3 is 2.77 bits per heavy atom. The van der Waals surface area contributed by atoms with Crippen molar-refractivity contribution in [2.24, 2.45) is 10.9 Å². The van der Waals surface area contributed by atoms with Gasteiger partial charge >= 0.3 is 0 Å². The van der Waals surface area contributed by atoms with Crippen LogP contribution < -0.4 is 4.74 Å². The van der Waals surface area contributed by atoms with Crippen molar-refractivity contribution in [2.45, 2.75) is 6.42 Å². The molecule has 0 aromatic heterocycles. The number of hydrogen-bond donors (Lipinski definition) is 0. The van der Waals surface area contributed by atoms with E-state index in [1.165, 1.54) is 0 Å². The van der Waals surface area contributed by atoms with Gasteiger partial charge in [-0.3, -0.25) is 9.69 Å². The van der Waals surface area contributed by atoms with Crippen LogP contribution in [0.15, 0.2) is 53.6 Å². The minimum atomic E-state index is -0.299. The molecule has 1 aliphatic carbocycles. The fourth-order valence-electron chi connectivity index (χ4n) is 2.52. The van der Waals surface area contributed by atoms with E-state index in [0.717, 1.165) is 23.4 Å². The molecule has 1 aromatic carbocycles. The molecule has 0 fully saturated rings. The second kappa shape index (κ2) is 6.23. The first-order chi connectivity index (χ1) is 10.7. The molecule has 0 N–H and O–H groups in total. The van der Waals surface area contributed by atoms with Gasteiger partial charge in [0.05, 0.1) is 18.7 Å². The van der Waals surface area contributed by atoms with Gasteiger partial charge < -0.3 is 4.74 Å². The van der Waals surface area contributed by atoms with Crippen molar-refractivity contribution in [1.29, 1.82) is 0 Å². The molecule has 1 aliphatic heterocycles. The number of benzene rings is 1. The van der Waals surface area contributed by atoms with Gasteiger partial charge in [-0.15, -0.1) is 0 Å². The summed E-state index contributed by atoms with van der Waals surface area (Å²) in [4.78, 5) is 18.5. The van der Waals surface area contributed by atoms with Crippen LogP contribution in [0.2, 0.25) is 0 Å². The minimum absolute atomic E-state index is 0.00381. The van der Waals surface area contributed by atoms with Crippen LogP contribution in [0.5, 0.6) is 5.75 Å². The number of methoxy groups -OCH3 is 1. The number of aliphatic imine (C=N–C) groups is 1. The van der Waals surface area contributed by atoms with Crippen molar-refractivity contribution >= 4 is 28.9 Å². The Labute approximate surface area is 134 Å². The van der Waals surface area contributed by atoms with E-state index in [4.69, 9.17) is 17.0 Å². The normalized spacial score (nSPS) is 20.0. The molecule has 1 amide bonds. The third kappa shape index (κ3) is 2.85. The molecule has 112 valence electrons. The van der Waals surface area contributed by atoms with Gasteiger partial charge in [0, 0.05) is 6.54 Å². The maximum Gasteiger partial charge on any atom is 0.241 e. The Bertz CT molecular complexity index is 689. The van der Waals surface area contributed by atoms with Crippen molar-refractivity contribution in [2.75, 3.05) is 13.7 Å². The summed E-state index contributed by atoms with van der Waals surface area (Å²) in [5.41, 5.74) is 1.86. The van der Waals surface area contributed by atoms with E-state index in [2.05, 4.69) is 4.99 Å². The van der Waals surface area contributed by atoms with Gasteiger partial charge in [0.15, 0.2) is 0 Å². The van der Waals surface area contributed by atoms with E-state index < -0.39 is 0 Å². The molecule has 3 rings (SSSR count). The third-order valence-corrected chi connectivity index (χ3v) is 4.08. The lowest BCUT2D eigenvalue weighted by atomic mass is 9.95. The van der Waals surface area contributed by atoms with Gasteiger partial charge in [-0.2, -0.15) is 0 Å². The van der Waals surface area contributed by atoms with Gasteiger partial charge in [0.1, 0.15) is 5.75 Å². The van der Waals surface area contributed by atoms with E-state index in [1.54, 1.807) is 12.0 Å². The zero-order chi connectivity index (χ0) is 15.5. The van der Waals surface area contributed by atoms with Gasteiger partial charge in [-0.25, -0.2) is 4.99 Å². The van der Waals surface area contributed by atoms with Crippen LogP contribution in [0.4, 0.5) is 0 Å². The molecule has 1 heterocycles. The standard InChI is InChI=1S/C17H16N2O2S/c1-21-13-8-6-12(7-9-13)10-11-19-16(20)14-4-2-3-5-15(14)18-17(19)22/h2-9,14H,10-11H2,1H3. The number of thiocarbonyl (C=S) groups is 1. The van der Waals surface area contributed by atoms with Crippen LogP contribution in [0, 0.1) is 5.92 Å². The lowest BCUT2D eigenvalue weighted by Gasteiger charge is -2.30. The number of fused-ring (bicyclic) bond motifs is 1. The van der Waals surface area contributed by atoms with E-state index in [-0.39, 0.29) is 11.8 Å². The second-order valence-electron chi connectivity index (χ2n) is 5.13. The molecular formula is C17H16N2O2S. The summed E-state index contributed by atoms with van der Waals surface area (Å²) < 4.78 is 5.14. The lowest BCUT2D eigenvalue weighted by molar-refractivity contribution is -0.128. The molecule has 2 aliphatic rings. The van der Waals surface area contributed by atoms with E-state index >= 15 is 0 Å². The Kier molecular flexibility index (Phi) is 4.15. The molecule has 4 nitrogen and oxygen atoms in total. The van der Waals surface area contributed by atoms with Crippen molar-refractivity contribution < 1.29 is 9.53 Å². The molecule has 22 heavy (non-hydrogen) atoms. The largest absolute Gasteiger partial charge is 0.497 e. The fraction of sp³-hybridized carbons (Fsp3) is 0.235. The Morgan fingerprint density at radius 1 is 1.27 bits per heavy atom. The first-order valence-electron chi connectivity index (χ1n) is 7.11. The first-order valence-corrected chi connectivity index (χ1v) is 7.51. The zero-order valence-electron chi connectivity index (χ0n) is 12.2. The summed E-state index contributed by atoms with van der Waals surface area (Å²) in [7, 11) is 1.64. The van der Waals surface area contributed by atoms with Crippen molar-refractivity contribution in [1.82, 2.24) is 4.90 Å². The van der Waals surface area contributed by atoms with Crippen LogP contribution in [-0.2, 0) is 11.2 Å². The summed E-state index contributed by atoms with van der Waals surface area (Å²) in [6, 6.07) is 7.82. The number of allylic oxidation sites excluding steroid dienone is 3. The summed E-state index contributed by atoms with van der Waals surface area (Å²) in [5.74, 6) is 0.526. The van der Waals surface area contributed by atoms with Gasteiger partial charge in [0.25, 0.3) is 0 Å². The monoisotopic (exact) mass is 312 g/mol. The summed E-state index contributed by atoms with van der Waals surface area (Å²) in [6.45, 7) is 0.537. The SMILES string of the molecule is COc1ccc(CCN2C(=O)C3C=CC=CC3=NC2=S)cc1. The summed E-state index contributed by atoms with van der Waals surface area (Å²) in [6.07, 6.45) is 8.18. The molecule has 5 heteroatoms. The molecule has 0 saturated carbocycles. The maximum atomic E-state index is 12.5. The number of rotatable bonds is 4. The number of carbonyl (C=O) groups is 1. The summed E-state index contributed by atoms with van der Waals surface area (Å²) >= 11 is 5.27. The van der Waals surface area contributed by atoms with E-state index in [0.29, 0.717) is 11.7 Å². The van der Waals surface area contributed by atoms with Crippen molar-refractivity contribution in [3.05, 3.63) is 54.1 Å². The molecule has 1 aromatic rings. The zero-order valence-corrected chi connectivity index (χ0v) is 13.0. The molecule has 1 unspecified atom stereocenters. The topological polar surface area (TPSA) is 41.9 Å². The predicted octanol–water partition coefficient (Wildman–Crippen LogP) is 2.55. The quantitative estimate of drug-likeness (QED) is 0.802. The number of ether oxygens (including phenoxy) is 1. The second-order valence-corrected chi connectivity index (χ2v) is 5.49. The lowest BCUT2D eigenvalue weighted by Crippen LogP contribution is -2.46. The van der Waals surface area contributed by atoms with Crippen molar-refractivity contribution in [3.8, 4) is 5.75 Å². The molecule has 0 bridgehead atoms. The molecule has 0 radical (unpaired) electrons. The van der Waals surface area contributed by atoms with E-state index in [1.807, 2.05) is 48.6 Å². The van der Waals surface area contributed by atoms with Gasteiger partial charge in [-0.05, 0) is 42.4 Å². The Morgan fingerprint density at radius 2 is 2.05 bits per heavy atom. The van der Waals surface area contributed by atoms with Crippen molar-refractivity contribution in [3.63, 3.8) is 0 Å². The Hall–Kier alpha value is -2.27. The highest BCUT2D eigenvalue weighted by atomic mass is 32.1. The predicted molar refractivity (Wildman–Crippen MR) is 90.2 cm³/mol. The number of amides is 1. The van der Waals surface area contributed by atoms with Crippen LogP contribution >= 0.6 is 12.2 Å². The fourth-order valence-corrected chi connectivity index (χ4v) is 2.81. The van der Waals surface area contributed by atoms with Gasteiger partial charge in [0.2, 0.25) is 11.0 Å². The highest BCUT2D eigenvalue weighted by molar-refractivity contribution is 7.80. The smallest absolute Gasteiger partial charge is 0.241 e. The number of hydrogen-bond acceptors (Lipinski definition) is 3. The minimum Gasteiger partial charge on any atom is -0.497 e. The maximum absolute atomic E-state index is 12.5. The number of carbonyl (C=O) groups excluding carboxylic acids is 1. The average molecular weight is 312 g/mol. The Balaban J connectivity index is 1.70. The van der Waals surface area contributed by atoms with E-state index in [9.17, 15) is 4.79 Å². The van der Waals surface area contributed by atoms with Crippen LogP contribution in [0.3, 0.4) is 0 Å². The number of nitrogens with zero attached hydrogens (tertiary/aromatic N) is 2.